The molecule has 1 aromatic heterocycles. The standard InChI is InChI=1S/C19H22F2N4O3/c1-2-15-10-18(27)25(19(23-15)24-5-7-28-8-6-24)12-17(26)22-11-13-3-4-14(20)9-16(13)21/h3-4,9-10H,2,5-8,11-12H2,1H3,(H,22,26). The monoisotopic (exact) mass is 392 g/mol. The van der Waals surface area contributed by atoms with Gasteiger partial charge in [0, 0.05) is 43.0 Å². The Kier molecular flexibility index (Phi) is 6.35. The van der Waals surface area contributed by atoms with Gasteiger partial charge in [-0.05, 0) is 12.5 Å². The largest absolute Gasteiger partial charge is 0.378 e. The molecule has 7 nitrogen and oxygen atoms in total. The highest BCUT2D eigenvalue weighted by Crippen LogP contribution is 2.13. The summed E-state index contributed by atoms with van der Waals surface area (Å²) in [4.78, 5) is 31.4. The highest BCUT2D eigenvalue weighted by atomic mass is 19.1. The van der Waals surface area contributed by atoms with Crippen molar-refractivity contribution in [2.75, 3.05) is 31.2 Å². The van der Waals surface area contributed by atoms with E-state index in [0.29, 0.717) is 44.4 Å². The summed E-state index contributed by atoms with van der Waals surface area (Å²) in [5.74, 6) is -1.46. The number of carbonyl (C=O) groups is 1. The molecule has 150 valence electrons. The van der Waals surface area contributed by atoms with Crippen LogP contribution in [0.2, 0.25) is 0 Å². The second-order valence-corrected chi connectivity index (χ2v) is 6.44. The topological polar surface area (TPSA) is 76.5 Å². The fourth-order valence-corrected chi connectivity index (χ4v) is 2.93. The molecule has 3 rings (SSSR count). The van der Waals surface area contributed by atoms with Crippen LogP contribution in [0, 0.1) is 11.6 Å². The lowest BCUT2D eigenvalue weighted by Gasteiger charge is -2.29. The molecule has 28 heavy (non-hydrogen) atoms. The maximum atomic E-state index is 13.7. The van der Waals surface area contributed by atoms with Crippen molar-refractivity contribution in [1.29, 1.82) is 0 Å². The number of halogens is 2. The van der Waals surface area contributed by atoms with Crippen LogP contribution in [0.3, 0.4) is 0 Å². The lowest BCUT2D eigenvalue weighted by Crippen LogP contribution is -2.42. The molecule has 0 radical (unpaired) electrons. The zero-order chi connectivity index (χ0) is 20.1. The molecule has 1 aromatic carbocycles. The smallest absolute Gasteiger partial charge is 0.255 e. The molecular formula is C19H22F2N4O3. The lowest BCUT2D eigenvalue weighted by molar-refractivity contribution is -0.121. The minimum Gasteiger partial charge on any atom is -0.378 e. The minimum absolute atomic E-state index is 0.104. The number of aryl methyl sites for hydroxylation is 1. The Labute approximate surface area is 160 Å². The number of anilines is 1. The van der Waals surface area contributed by atoms with E-state index < -0.39 is 17.5 Å². The lowest BCUT2D eigenvalue weighted by atomic mass is 10.2. The maximum Gasteiger partial charge on any atom is 0.255 e. The van der Waals surface area contributed by atoms with Gasteiger partial charge in [-0.2, -0.15) is 0 Å². The summed E-state index contributed by atoms with van der Waals surface area (Å²) < 4.78 is 33.3. The van der Waals surface area contributed by atoms with E-state index in [9.17, 15) is 18.4 Å². The second-order valence-electron chi connectivity index (χ2n) is 6.44. The summed E-state index contributed by atoms with van der Waals surface area (Å²) in [5, 5.41) is 2.56. The molecule has 1 N–H and O–H groups in total. The molecule has 0 saturated carbocycles. The zero-order valence-corrected chi connectivity index (χ0v) is 15.6. The minimum atomic E-state index is -0.736. The molecular weight excluding hydrogens is 370 g/mol. The van der Waals surface area contributed by atoms with Gasteiger partial charge in [-0.1, -0.05) is 13.0 Å². The first-order chi connectivity index (χ1) is 13.5. The zero-order valence-electron chi connectivity index (χ0n) is 15.6. The van der Waals surface area contributed by atoms with Crippen molar-refractivity contribution in [3.8, 4) is 0 Å². The van der Waals surface area contributed by atoms with Crippen LogP contribution in [-0.4, -0.2) is 41.8 Å². The van der Waals surface area contributed by atoms with Crippen LogP contribution >= 0.6 is 0 Å². The van der Waals surface area contributed by atoms with Crippen LogP contribution < -0.4 is 15.8 Å². The number of aromatic nitrogens is 2. The van der Waals surface area contributed by atoms with Crippen molar-refractivity contribution in [3.63, 3.8) is 0 Å². The Bertz CT molecular complexity index is 911. The third kappa shape index (κ3) is 4.72. The maximum absolute atomic E-state index is 13.7. The molecule has 0 bridgehead atoms. The molecule has 0 aliphatic carbocycles. The van der Waals surface area contributed by atoms with Gasteiger partial charge < -0.3 is 15.0 Å². The molecule has 1 saturated heterocycles. The van der Waals surface area contributed by atoms with Crippen LogP contribution in [0.5, 0.6) is 0 Å². The van der Waals surface area contributed by atoms with Crippen LogP contribution in [0.1, 0.15) is 18.2 Å². The number of nitrogens with one attached hydrogen (secondary N) is 1. The second kappa shape index (κ2) is 8.92. The van der Waals surface area contributed by atoms with E-state index >= 15 is 0 Å². The van der Waals surface area contributed by atoms with Crippen LogP contribution in [0.4, 0.5) is 14.7 Å². The number of rotatable bonds is 6. The van der Waals surface area contributed by atoms with Gasteiger partial charge in [0.2, 0.25) is 11.9 Å². The predicted molar refractivity (Wildman–Crippen MR) is 99.1 cm³/mol. The van der Waals surface area contributed by atoms with Crippen molar-refractivity contribution in [3.05, 3.63) is 57.5 Å². The summed E-state index contributed by atoms with van der Waals surface area (Å²) in [6.07, 6.45) is 0.601. The fourth-order valence-electron chi connectivity index (χ4n) is 2.93. The van der Waals surface area contributed by atoms with E-state index in [0.717, 1.165) is 12.1 Å². The van der Waals surface area contributed by atoms with Gasteiger partial charge >= 0.3 is 0 Å². The number of morpholine rings is 1. The van der Waals surface area contributed by atoms with Gasteiger partial charge in [0.1, 0.15) is 18.2 Å². The summed E-state index contributed by atoms with van der Waals surface area (Å²) >= 11 is 0. The highest BCUT2D eigenvalue weighted by Gasteiger charge is 2.20. The SMILES string of the molecule is CCc1cc(=O)n(CC(=O)NCc2ccc(F)cc2F)c(N2CCOCC2)n1. The van der Waals surface area contributed by atoms with Gasteiger partial charge in [-0.15, -0.1) is 0 Å². The average molecular weight is 392 g/mol. The third-order valence-electron chi connectivity index (χ3n) is 4.49. The van der Waals surface area contributed by atoms with Crippen LogP contribution in [-0.2, 0) is 29.0 Å². The molecule has 2 aromatic rings. The summed E-state index contributed by atoms with van der Waals surface area (Å²) in [7, 11) is 0. The molecule has 0 spiro atoms. The van der Waals surface area contributed by atoms with E-state index in [1.54, 1.807) is 0 Å². The Morgan fingerprint density at radius 3 is 2.68 bits per heavy atom. The van der Waals surface area contributed by atoms with Gasteiger partial charge in [0.05, 0.1) is 13.2 Å². The number of benzene rings is 1. The van der Waals surface area contributed by atoms with Crippen LogP contribution in [0.15, 0.2) is 29.1 Å². The normalized spacial score (nSPS) is 14.2. The van der Waals surface area contributed by atoms with Crippen molar-refractivity contribution in [1.82, 2.24) is 14.9 Å². The number of nitrogens with zero attached hydrogens (tertiary/aromatic N) is 3. The van der Waals surface area contributed by atoms with Crippen molar-refractivity contribution >= 4 is 11.9 Å². The summed E-state index contributed by atoms with van der Waals surface area (Å²) in [6, 6.07) is 4.57. The predicted octanol–water partition coefficient (Wildman–Crippen LogP) is 1.24. The van der Waals surface area contributed by atoms with E-state index in [1.807, 2.05) is 11.8 Å². The molecule has 1 aliphatic heterocycles. The van der Waals surface area contributed by atoms with Crippen molar-refractivity contribution in [2.45, 2.75) is 26.4 Å². The highest BCUT2D eigenvalue weighted by molar-refractivity contribution is 5.76. The fraction of sp³-hybridized carbons (Fsp3) is 0.421. The summed E-state index contributed by atoms with van der Waals surface area (Å²) in [6.45, 7) is 3.73. The Morgan fingerprint density at radius 2 is 2.00 bits per heavy atom. The number of hydrogen-bond acceptors (Lipinski definition) is 5. The summed E-state index contributed by atoms with van der Waals surface area (Å²) in [5.41, 5.74) is 0.489. The number of ether oxygens (including phenoxy) is 1. The van der Waals surface area contributed by atoms with Crippen LogP contribution in [0.25, 0.3) is 0 Å². The van der Waals surface area contributed by atoms with Gasteiger partial charge in [-0.25, -0.2) is 13.8 Å². The molecule has 0 unspecified atom stereocenters. The quantitative estimate of drug-likeness (QED) is 0.801. The Hall–Kier alpha value is -2.81. The number of carbonyl (C=O) groups excluding carboxylic acids is 1. The van der Waals surface area contributed by atoms with Gasteiger partial charge in [-0.3, -0.25) is 14.2 Å². The van der Waals surface area contributed by atoms with E-state index in [-0.39, 0.29) is 24.2 Å². The number of hydrogen-bond donors (Lipinski definition) is 1. The first-order valence-electron chi connectivity index (χ1n) is 9.12. The van der Waals surface area contributed by atoms with Gasteiger partial charge in [0.25, 0.3) is 5.56 Å². The molecule has 1 aliphatic rings. The Balaban J connectivity index is 1.76. The van der Waals surface area contributed by atoms with E-state index in [4.69, 9.17) is 4.74 Å². The molecule has 1 fully saturated rings. The third-order valence-corrected chi connectivity index (χ3v) is 4.49. The number of amides is 1. The van der Waals surface area contributed by atoms with Crippen molar-refractivity contribution < 1.29 is 18.3 Å². The molecule has 9 heteroatoms. The van der Waals surface area contributed by atoms with E-state index in [2.05, 4.69) is 10.3 Å². The molecule has 1 amide bonds. The molecule has 2 heterocycles. The van der Waals surface area contributed by atoms with Crippen molar-refractivity contribution in [2.24, 2.45) is 0 Å². The first-order valence-corrected chi connectivity index (χ1v) is 9.12. The molecule has 0 atom stereocenters. The van der Waals surface area contributed by atoms with E-state index in [1.165, 1.54) is 16.7 Å². The first kappa shape index (κ1) is 19.9. The average Bonchev–Trinajstić information content (AvgIpc) is 2.69. The Morgan fingerprint density at radius 1 is 1.25 bits per heavy atom. The van der Waals surface area contributed by atoms with Gasteiger partial charge in [0.15, 0.2) is 0 Å².